The summed E-state index contributed by atoms with van der Waals surface area (Å²) in [4.78, 5) is 0. The Morgan fingerprint density at radius 3 is 2.25 bits per heavy atom. The first-order valence-corrected chi connectivity index (χ1v) is 4.00. The van der Waals surface area contributed by atoms with Crippen molar-refractivity contribution in [2.45, 2.75) is 43.2 Å². The number of hydrogen-bond acceptors (Lipinski definition) is 4. The van der Waals surface area contributed by atoms with Gasteiger partial charge in [-0.2, -0.15) is 0 Å². The molecule has 0 spiro atoms. The predicted molar refractivity (Wildman–Crippen MR) is 45.2 cm³/mol. The van der Waals surface area contributed by atoms with Crippen LogP contribution in [0, 0.1) is 0 Å². The lowest BCUT2D eigenvalue weighted by atomic mass is 10.0. The van der Waals surface area contributed by atoms with E-state index >= 15 is 0 Å². The number of piperidine rings is 1. The molecule has 2 rings (SSSR count). The van der Waals surface area contributed by atoms with Gasteiger partial charge in [0, 0.05) is 6.04 Å². The van der Waals surface area contributed by atoms with E-state index in [9.17, 15) is 15.3 Å². The van der Waals surface area contributed by atoms with Gasteiger partial charge in [-0.05, 0) is 12.8 Å². The maximum atomic E-state index is 9.37. The molecule has 0 aromatic carbocycles. The minimum Gasteiger partial charge on any atom is -0.391 e. The van der Waals surface area contributed by atoms with Gasteiger partial charge in [0.2, 0.25) is 0 Å². The maximum absolute atomic E-state index is 9.37. The van der Waals surface area contributed by atoms with E-state index in [1.165, 1.54) is 0 Å². The van der Waals surface area contributed by atoms with Gasteiger partial charge in [-0.15, -0.1) is 12.4 Å². The zero-order chi connectivity index (χ0) is 8.01. The average Bonchev–Trinajstić information content (AvgIpc) is 2.24. The highest BCUT2D eigenvalue weighted by molar-refractivity contribution is 5.85. The van der Waals surface area contributed by atoms with Crippen molar-refractivity contribution in [2.75, 3.05) is 0 Å². The second-order valence-corrected chi connectivity index (χ2v) is 3.42. The van der Waals surface area contributed by atoms with E-state index in [1.54, 1.807) is 0 Å². The minimum atomic E-state index is -0.794. The molecule has 2 aliphatic rings. The second kappa shape index (κ2) is 3.47. The fraction of sp³-hybridized carbons (Fsp3) is 1.00. The van der Waals surface area contributed by atoms with Crippen molar-refractivity contribution < 1.29 is 15.3 Å². The normalized spacial score (nSPS) is 51.8. The van der Waals surface area contributed by atoms with Gasteiger partial charge in [-0.25, -0.2) is 0 Å². The van der Waals surface area contributed by atoms with E-state index < -0.39 is 18.3 Å². The molecule has 0 saturated carbocycles. The number of nitrogens with one attached hydrogen (secondary N) is 1. The summed E-state index contributed by atoms with van der Waals surface area (Å²) in [7, 11) is 0. The highest BCUT2D eigenvalue weighted by Crippen LogP contribution is 2.27. The van der Waals surface area contributed by atoms with E-state index in [2.05, 4.69) is 5.32 Å². The number of fused-ring (bicyclic) bond motifs is 2. The Bertz CT molecular complexity index is 169. The van der Waals surface area contributed by atoms with Gasteiger partial charge in [0.25, 0.3) is 0 Å². The summed E-state index contributed by atoms with van der Waals surface area (Å²) >= 11 is 0. The molecule has 4 N–H and O–H groups in total. The average molecular weight is 196 g/mol. The number of aliphatic hydroxyl groups excluding tert-OH is 3. The van der Waals surface area contributed by atoms with Crippen molar-refractivity contribution in [1.29, 1.82) is 0 Å². The SMILES string of the molecule is Cl.O[C@@H]1[C@H](O)[C@H]2CC[C@H](O)[C@@H]1N2. The topological polar surface area (TPSA) is 72.7 Å². The third kappa shape index (κ3) is 1.34. The number of hydrogen-bond donors (Lipinski definition) is 4. The van der Waals surface area contributed by atoms with E-state index in [1.807, 2.05) is 0 Å². The zero-order valence-corrected chi connectivity index (χ0v) is 7.37. The molecule has 4 nitrogen and oxygen atoms in total. The molecule has 0 amide bonds. The maximum Gasteiger partial charge on any atom is 0.0992 e. The summed E-state index contributed by atoms with van der Waals surface area (Å²) < 4.78 is 0. The molecule has 5 heteroatoms. The standard InChI is InChI=1S/C7H13NO3.ClH/c9-4-2-1-3-6(10)7(11)5(4)8-3;/h3-11H,1-2H2;1H/t3-,4+,5+,6-,7+;/m1./s1. The Balaban J connectivity index is 0.000000720. The number of rotatable bonds is 0. The molecule has 2 heterocycles. The summed E-state index contributed by atoms with van der Waals surface area (Å²) in [6, 6.07) is -0.331. The van der Waals surface area contributed by atoms with Crippen LogP contribution in [0.3, 0.4) is 0 Å². The Labute approximate surface area is 77.0 Å². The van der Waals surface area contributed by atoms with Crippen LogP contribution in [0.4, 0.5) is 0 Å². The lowest BCUT2D eigenvalue weighted by Crippen LogP contribution is -2.47. The van der Waals surface area contributed by atoms with Gasteiger partial charge in [-0.1, -0.05) is 0 Å². The van der Waals surface area contributed by atoms with Gasteiger partial charge in [0.05, 0.1) is 24.4 Å². The van der Waals surface area contributed by atoms with Crippen LogP contribution < -0.4 is 5.32 Å². The van der Waals surface area contributed by atoms with Crippen LogP contribution in [0.5, 0.6) is 0 Å². The molecule has 2 saturated heterocycles. The van der Waals surface area contributed by atoms with Crippen LogP contribution >= 0.6 is 12.4 Å². The molecule has 0 aliphatic carbocycles. The van der Waals surface area contributed by atoms with Crippen LogP contribution in [0.1, 0.15) is 12.8 Å². The van der Waals surface area contributed by atoms with E-state index in [4.69, 9.17) is 0 Å². The Morgan fingerprint density at radius 2 is 1.67 bits per heavy atom. The second-order valence-electron chi connectivity index (χ2n) is 3.42. The minimum absolute atomic E-state index is 0. The van der Waals surface area contributed by atoms with Gasteiger partial charge >= 0.3 is 0 Å². The van der Waals surface area contributed by atoms with E-state index in [-0.39, 0.29) is 24.5 Å². The third-order valence-corrected chi connectivity index (χ3v) is 2.72. The van der Waals surface area contributed by atoms with Crippen LogP contribution in [0.15, 0.2) is 0 Å². The van der Waals surface area contributed by atoms with Crippen molar-refractivity contribution in [1.82, 2.24) is 5.32 Å². The Hall–Kier alpha value is 0.130. The molecule has 5 atom stereocenters. The lowest BCUT2D eigenvalue weighted by molar-refractivity contribution is 0.0112. The molecule has 2 aliphatic heterocycles. The molecular weight excluding hydrogens is 182 g/mol. The molecule has 72 valence electrons. The molecule has 0 unspecified atom stereocenters. The summed E-state index contributed by atoms with van der Waals surface area (Å²) in [5, 5.41) is 31.1. The smallest absolute Gasteiger partial charge is 0.0992 e. The van der Waals surface area contributed by atoms with Gasteiger partial charge in [0.15, 0.2) is 0 Å². The summed E-state index contributed by atoms with van der Waals surface area (Å²) in [6.07, 6.45) is -0.570. The molecule has 2 bridgehead atoms. The van der Waals surface area contributed by atoms with Crippen LogP contribution in [0.2, 0.25) is 0 Å². The molecule has 12 heavy (non-hydrogen) atoms. The fourth-order valence-corrected chi connectivity index (χ4v) is 2.02. The highest BCUT2D eigenvalue weighted by Gasteiger charge is 2.47. The summed E-state index contributed by atoms with van der Waals surface area (Å²) in [5.74, 6) is 0. The molecule has 0 aromatic rings. The first-order chi connectivity index (χ1) is 5.20. The van der Waals surface area contributed by atoms with Gasteiger partial charge in [0.1, 0.15) is 0 Å². The van der Waals surface area contributed by atoms with Crippen LogP contribution in [0.25, 0.3) is 0 Å². The molecule has 2 fully saturated rings. The first-order valence-electron chi connectivity index (χ1n) is 4.00. The largest absolute Gasteiger partial charge is 0.391 e. The van der Waals surface area contributed by atoms with E-state index in [0.717, 1.165) is 6.42 Å². The monoisotopic (exact) mass is 195 g/mol. The van der Waals surface area contributed by atoms with Crippen molar-refractivity contribution in [3.05, 3.63) is 0 Å². The first kappa shape index (κ1) is 10.2. The zero-order valence-electron chi connectivity index (χ0n) is 6.55. The quantitative estimate of drug-likeness (QED) is 0.385. The van der Waals surface area contributed by atoms with Crippen molar-refractivity contribution in [2.24, 2.45) is 0 Å². The van der Waals surface area contributed by atoms with Crippen LogP contribution in [-0.2, 0) is 0 Å². The number of halogens is 1. The van der Waals surface area contributed by atoms with Gasteiger partial charge < -0.3 is 20.6 Å². The fourth-order valence-electron chi connectivity index (χ4n) is 2.02. The van der Waals surface area contributed by atoms with Gasteiger partial charge in [-0.3, -0.25) is 0 Å². The molecule has 0 aromatic heterocycles. The Morgan fingerprint density at radius 1 is 1.00 bits per heavy atom. The third-order valence-electron chi connectivity index (χ3n) is 2.72. The van der Waals surface area contributed by atoms with Crippen molar-refractivity contribution in [3.63, 3.8) is 0 Å². The Kier molecular flexibility index (Phi) is 2.96. The van der Waals surface area contributed by atoms with Crippen molar-refractivity contribution >= 4 is 12.4 Å². The van der Waals surface area contributed by atoms with Crippen LogP contribution in [-0.4, -0.2) is 45.7 Å². The molecule has 0 radical (unpaired) electrons. The summed E-state index contributed by atoms with van der Waals surface area (Å²) in [5.41, 5.74) is 0. The lowest BCUT2D eigenvalue weighted by Gasteiger charge is -2.26. The summed E-state index contributed by atoms with van der Waals surface area (Å²) in [6.45, 7) is 0. The number of aliphatic hydroxyl groups is 3. The molecular formula is C7H14ClNO3. The predicted octanol–water partition coefficient (Wildman–Crippen LogP) is -1.37. The highest BCUT2D eigenvalue weighted by atomic mass is 35.5. The van der Waals surface area contributed by atoms with E-state index in [0.29, 0.717) is 6.42 Å². The van der Waals surface area contributed by atoms with Crippen molar-refractivity contribution in [3.8, 4) is 0 Å².